The summed E-state index contributed by atoms with van der Waals surface area (Å²) in [5.74, 6) is -2.80. The number of aliphatic carboxylic acids is 1. The Hall–Kier alpha value is -2.70. The zero-order chi connectivity index (χ0) is 17.1. The molecule has 1 amide bonds. The van der Waals surface area contributed by atoms with Crippen LogP contribution in [-0.4, -0.2) is 33.3 Å². The Morgan fingerprint density at radius 1 is 1.35 bits per heavy atom. The number of amides is 1. The van der Waals surface area contributed by atoms with E-state index in [1.807, 2.05) is 19.9 Å². The molecule has 1 atom stereocenters. The van der Waals surface area contributed by atoms with Crippen LogP contribution in [0.2, 0.25) is 0 Å². The van der Waals surface area contributed by atoms with E-state index in [1.165, 1.54) is 23.7 Å². The van der Waals surface area contributed by atoms with Gasteiger partial charge in [0.1, 0.15) is 11.5 Å². The predicted molar refractivity (Wildman–Crippen MR) is 82.1 cm³/mol. The minimum Gasteiger partial charge on any atom is -0.481 e. The number of rotatable bonds is 5. The van der Waals surface area contributed by atoms with Crippen molar-refractivity contribution in [1.29, 1.82) is 0 Å². The predicted octanol–water partition coefficient (Wildman–Crippen LogP) is 2.08. The lowest BCUT2D eigenvalue weighted by molar-refractivity contribution is -0.140. The van der Waals surface area contributed by atoms with Crippen LogP contribution < -0.4 is 5.32 Å². The summed E-state index contributed by atoms with van der Waals surface area (Å²) >= 11 is 0. The maximum absolute atomic E-state index is 14.3. The van der Waals surface area contributed by atoms with Gasteiger partial charge in [0.25, 0.3) is 5.91 Å². The molecule has 23 heavy (non-hydrogen) atoms. The minimum absolute atomic E-state index is 0.0189. The third-order valence-electron chi connectivity index (χ3n) is 3.44. The molecule has 0 saturated heterocycles. The van der Waals surface area contributed by atoms with Crippen molar-refractivity contribution in [1.82, 2.24) is 15.1 Å². The van der Waals surface area contributed by atoms with Crippen LogP contribution in [0.25, 0.3) is 5.69 Å². The standard InChI is InChI=1S/C16H18FN3O3/c1-9(16(22)23)8-18-15(21)12-4-5-14(13(17)7-12)20-11(3)6-10(2)19-20/h4-7,9H,8H2,1-3H3,(H,18,21)(H,22,23). The summed E-state index contributed by atoms with van der Waals surface area (Å²) in [5.41, 5.74) is 1.94. The van der Waals surface area contributed by atoms with E-state index in [2.05, 4.69) is 10.4 Å². The van der Waals surface area contributed by atoms with E-state index in [4.69, 9.17) is 5.11 Å². The Morgan fingerprint density at radius 2 is 2.04 bits per heavy atom. The van der Waals surface area contributed by atoms with E-state index < -0.39 is 23.6 Å². The van der Waals surface area contributed by atoms with Crippen LogP contribution >= 0.6 is 0 Å². The number of carbonyl (C=O) groups is 2. The summed E-state index contributed by atoms with van der Waals surface area (Å²) in [6, 6.07) is 5.90. The second-order valence-electron chi connectivity index (χ2n) is 5.45. The highest BCUT2D eigenvalue weighted by Crippen LogP contribution is 2.17. The Morgan fingerprint density at radius 3 is 2.57 bits per heavy atom. The van der Waals surface area contributed by atoms with Crippen molar-refractivity contribution in [2.75, 3.05) is 6.54 Å². The number of halogens is 1. The molecule has 1 unspecified atom stereocenters. The van der Waals surface area contributed by atoms with Crippen LogP contribution in [0.4, 0.5) is 4.39 Å². The van der Waals surface area contributed by atoms with E-state index in [-0.39, 0.29) is 17.8 Å². The molecule has 7 heteroatoms. The van der Waals surface area contributed by atoms with E-state index in [9.17, 15) is 14.0 Å². The highest BCUT2D eigenvalue weighted by molar-refractivity contribution is 5.94. The van der Waals surface area contributed by atoms with Gasteiger partial charge in [0.2, 0.25) is 0 Å². The van der Waals surface area contributed by atoms with Gasteiger partial charge in [-0.25, -0.2) is 9.07 Å². The van der Waals surface area contributed by atoms with Gasteiger partial charge in [-0.2, -0.15) is 5.10 Å². The molecule has 0 spiro atoms. The number of aromatic nitrogens is 2. The highest BCUT2D eigenvalue weighted by atomic mass is 19.1. The first-order valence-electron chi connectivity index (χ1n) is 7.13. The van der Waals surface area contributed by atoms with Gasteiger partial charge in [0, 0.05) is 17.8 Å². The molecule has 2 aromatic rings. The van der Waals surface area contributed by atoms with Crippen molar-refractivity contribution in [3.8, 4) is 5.69 Å². The average Bonchev–Trinajstić information content (AvgIpc) is 2.82. The Balaban J connectivity index is 2.17. The number of benzene rings is 1. The molecule has 0 aliphatic carbocycles. The molecule has 0 radical (unpaired) electrons. The molecule has 1 aromatic heterocycles. The number of hydrogen-bond acceptors (Lipinski definition) is 3. The molecule has 122 valence electrons. The Kier molecular flexibility index (Phi) is 4.78. The SMILES string of the molecule is Cc1cc(C)n(-c2ccc(C(=O)NCC(C)C(=O)O)cc2F)n1. The largest absolute Gasteiger partial charge is 0.481 e. The van der Waals surface area contributed by atoms with Crippen molar-refractivity contribution < 1.29 is 19.1 Å². The Bertz CT molecular complexity index is 755. The number of nitrogens with one attached hydrogen (secondary N) is 1. The minimum atomic E-state index is -1.00. The lowest BCUT2D eigenvalue weighted by Crippen LogP contribution is -2.31. The average molecular weight is 319 g/mol. The summed E-state index contributed by atoms with van der Waals surface area (Å²) in [7, 11) is 0. The molecule has 0 aliphatic rings. The van der Waals surface area contributed by atoms with Gasteiger partial charge in [-0.3, -0.25) is 9.59 Å². The second kappa shape index (κ2) is 6.60. The quantitative estimate of drug-likeness (QED) is 0.884. The molecule has 6 nitrogen and oxygen atoms in total. The van der Waals surface area contributed by atoms with Crippen LogP contribution in [-0.2, 0) is 4.79 Å². The smallest absolute Gasteiger partial charge is 0.308 e. The van der Waals surface area contributed by atoms with Crippen LogP contribution in [0.3, 0.4) is 0 Å². The molecule has 1 heterocycles. The maximum Gasteiger partial charge on any atom is 0.308 e. The van der Waals surface area contributed by atoms with Gasteiger partial charge in [0.05, 0.1) is 11.6 Å². The molecule has 2 rings (SSSR count). The van der Waals surface area contributed by atoms with Gasteiger partial charge in [-0.05, 0) is 38.1 Å². The lowest BCUT2D eigenvalue weighted by Gasteiger charge is -2.10. The zero-order valence-corrected chi connectivity index (χ0v) is 13.1. The summed E-state index contributed by atoms with van der Waals surface area (Å²) < 4.78 is 15.7. The molecule has 0 aliphatic heterocycles. The molecular formula is C16H18FN3O3. The van der Waals surface area contributed by atoms with Gasteiger partial charge >= 0.3 is 5.97 Å². The topological polar surface area (TPSA) is 84.2 Å². The molecule has 1 aromatic carbocycles. The van der Waals surface area contributed by atoms with Gasteiger partial charge < -0.3 is 10.4 Å². The monoisotopic (exact) mass is 319 g/mol. The molecule has 0 bridgehead atoms. The lowest BCUT2D eigenvalue weighted by atomic mass is 10.1. The van der Waals surface area contributed by atoms with E-state index in [0.717, 1.165) is 17.5 Å². The summed E-state index contributed by atoms with van der Waals surface area (Å²) in [5, 5.41) is 15.5. The molecule has 2 N–H and O–H groups in total. The number of aryl methyl sites for hydroxylation is 2. The van der Waals surface area contributed by atoms with Crippen molar-refractivity contribution in [2.45, 2.75) is 20.8 Å². The van der Waals surface area contributed by atoms with Crippen molar-refractivity contribution >= 4 is 11.9 Å². The normalized spacial score (nSPS) is 12.0. The van der Waals surface area contributed by atoms with Crippen LogP contribution in [0.5, 0.6) is 0 Å². The van der Waals surface area contributed by atoms with Gasteiger partial charge in [-0.1, -0.05) is 6.92 Å². The number of carboxylic acids is 1. The van der Waals surface area contributed by atoms with Gasteiger partial charge in [0.15, 0.2) is 0 Å². The third-order valence-corrected chi connectivity index (χ3v) is 3.44. The van der Waals surface area contributed by atoms with Crippen molar-refractivity contribution in [3.63, 3.8) is 0 Å². The maximum atomic E-state index is 14.3. The van der Waals surface area contributed by atoms with Crippen LogP contribution in [0.1, 0.15) is 28.7 Å². The first-order chi connectivity index (χ1) is 10.8. The summed E-state index contributed by atoms with van der Waals surface area (Å²) in [4.78, 5) is 22.7. The van der Waals surface area contributed by atoms with Gasteiger partial charge in [-0.15, -0.1) is 0 Å². The molecular weight excluding hydrogens is 301 g/mol. The summed E-state index contributed by atoms with van der Waals surface area (Å²) in [6.45, 7) is 5.09. The number of nitrogens with zero attached hydrogens (tertiary/aromatic N) is 2. The van der Waals surface area contributed by atoms with E-state index in [0.29, 0.717) is 0 Å². The summed E-state index contributed by atoms with van der Waals surface area (Å²) in [6.07, 6.45) is 0. The van der Waals surface area contributed by atoms with Crippen LogP contribution in [0, 0.1) is 25.6 Å². The Labute approximate surface area is 132 Å². The van der Waals surface area contributed by atoms with Crippen molar-refractivity contribution in [3.05, 3.63) is 47.0 Å². The fraction of sp³-hybridized carbons (Fsp3) is 0.312. The first-order valence-corrected chi connectivity index (χ1v) is 7.13. The zero-order valence-electron chi connectivity index (χ0n) is 13.1. The van der Waals surface area contributed by atoms with E-state index in [1.54, 1.807) is 0 Å². The number of carbonyl (C=O) groups excluding carboxylic acids is 1. The fourth-order valence-electron chi connectivity index (χ4n) is 2.13. The molecule has 0 saturated carbocycles. The fourth-order valence-corrected chi connectivity index (χ4v) is 2.13. The third kappa shape index (κ3) is 3.74. The molecule has 0 fully saturated rings. The number of hydrogen-bond donors (Lipinski definition) is 2. The highest BCUT2D eigenvalue weighted by Gasteiger charge is 2.15. The number of carboxylic acid groups (broad SMARTS) is 1. The first kappa shape index (κ1) is 16.7. The van der Waals surface area contributed by atoms with E-state index >= 15 is 0 Å². The van der Waals surface area contributed by atoms with Crippen LogP contribution in [0.15, 0.2) is 24.3 Å². The van der Waals surface area contributed by atoms with Crippen molar-refractivity contribution in [2.24, 2.45) is 5.92 Å². The second-order valence-corrected chi connectivity index (χ2v) is 5.45.